The number of hydrogen-bond acceptors (Lipinski definition) is 6. The minimum atomic E-state index is -2.21. The predicted octanol–water partition coefficient (Wildman–Crippen LogP) is 8.83. The van der Waals surface area contributed by atoms with Gasteiger partial charge in [0.1, 0.15) is 19.0 Å². The first-order chi connectivity index (χ1) is 18.3. The second-order valence-corrected chi connectivity index (χ2v) is 29.9. The van der Waals surface area contributed by atoms with Crippen molar-refractivity contribution in [3.63, 3.8) is 0 Å². The Hall–Kier alpha value is -0.369. The lowest BCUT2D eigenvalue weighted by Crippen LogP contribution is -2.51. The van der Waals surface area contributed by atoms with E-state index in [2.05, 4.69) is 114 Å². The van der Waals surface area contributed by atoms with Gasteiger partial charge in [-0.05, 0) is 61.3 Å². The molecule has 0 saturated heterocycles. The van der Waals surface area contributed by atoms with E-state index < -0.39 is 43.3 Å². The number of hydrogen-bond donors (Lipinski definition) is 1. The molecule has 1 N–H and O–H groups in total. The van der Waals surface area contributed by atoms with Gasteiger partial charge in [-0.2, -0.15) is 0 Å². The summed E-state index contributed by atoms with van der Waals surface area (Å²) in [5, 5.41) is 11.2. The summed E-state index contributed by atoms with van der Waals surface area (Å²) in [6.45, 7) is 36.3. The van der Waals surface area contributed by atoms with E-state index in [1.54, 1.807) is 13.2 Å². The minimum Gasteiger partial charge on any atom is -0.413 e. The lowest BCUT2D eigenvalue weighted by molar-refractivity contribution is -0.0834. The van der Waals surface area contributed by atoms with Crippen LogP contribution in [-0.4, -0.2) is 75.0 Å². The molecule has 0 aromatic carbocycles. The maximum absolute atomic E-state index is 11.1. The molecule has 0 saturated carbocycles. The molecule has 0 fully saturated rings. The lowest BCUT2D eigenvalue weighted by Gasteiger charge is -2.44. The quantitative estimate of drug-likeness (QED) is 0.104. The van der Waals surface area contributed by atoms with Crippen LogP contribution in [0.1, 0.15) is 69.2 Å². The Morgan fingerprint density at radius 1 is 0.634 bits per heavy atom. The normalized spacial score (nSPS) is 18.0. The summed E-state index contributed by atoms with van der Waals surface area (Å²) < 4.78 is 31.3. The van der Waals surface area contributed by atoms with Gasteiger partial charge in [-0.25, -0.2) is 0 Å². The lowest BCUT2D eigenvalue weighted by atomic mass is 10.1. The van der Waals surface area contributed by atoms with E-state index >= 15 is 0 Å². The highest BCUT2D eigenvalue weighted by Crippen LogP contribution is 2.41. The fourth-order valence-corrected chi connectivity index (χ4v) is 6.50. The first-order valence-electron chi connectivity index (χ1n) is 15.1. The van der Waals surface area contributed by atoms with E-state index in [1.165, 1.54) is 0 Å². The van der Waals surface area contributed by atoms with Crippen LogP contribution >= 0.6 is 0 Å². The molecule has 0 amide bonds. The average molecular weight is 631 g/mol. The Labute approximate surface area is 257 Å². The summed E-state index contributed by atoms with van der Waals surface area (Å²) in [6.07, 6.45) is 9.53. The monoisotopic (exact) mass is 630 g/mol. The summed E-state index contributed by atoms with van der Waals surface area (Å²) in [5.74, 6) is 0. The molecule has 0 radical (unpaired) electrons. The molecule has 0 aliphatic rings. The van der Waals surface area contributed by atoms with Gasteiger partial charge < -0.3 is 27.9 Å². The molecule has 9 heteroatoms. The fourth-order valence-electron chi connectivity index (χ4n) is 3.07. The van der Waals surface area contributed by atoms with Crippen molar-refractivity contribution in [1.29, 1.82) is 0 Å². The molecule has 242 valence electrons. The van der Waals surface area contributed by atoms with Crippen molar-refractivity contribution < 1.29 is 27.9 Å². The number of aliphatic hydroxyl groups is 1. The maximum atomic E-state index is 11.1. The molecular formula is C32H66O6Si3. The molecule has 0 aliphatic carbocycles. The molecule has 0 aromatic rings. The van der Waals surface area contributed by atoms with Crippen LogP contribution < -0.4 is 0 Å². The van der Waals surface area contributed by atoms with Crippen molar-refractivity contribution in [3.05, 3.63) is 36.5 Å². The zero-order valence-electron chi connectivity index (χ0n) is 29.7. The van der Waals surface area contributed by atoms with Crippen molar-refractivity contribution in [2.24, 2.45) is 0 Å². The van der Waals surface area contributed by atoms with Crippen molar-refractivity contribution in [1.82, 2.24) is 0 Å². The minimum absolute atomic E-state index is 0.00342. The van der Waals surface area contributed by atoms with Crippen LogP contribution in [0.15, 0.2) is 36.5 Å². The van der Waals surface area contributed by atoms with Gasteiger partial charge in [-0.1, -0.05) is 98.8 Å². The second kappa shape index (κ2) is 16.1. The van der Waals surface area contributed by atoms with Crippen LogP contribution in [0.4, 0.5) is 0 Å². The van der Waals surface area contributed by atoms with Gasteiger partial charge >= 0.3 is 0 Å². The first-order valence-corrected chi connectivity index (χ1v) is 23.8. The standard InChI is InChI=1S/C32H66O6Si3/c1-18-20-27(35-25-34-11)26(33)22-23-29(38-41(16,17)32(8,9)10)28(37-40(14,15)31(5,6)7)21-19-24-36-39(12,13)30(2,3)4/h18-23,26-29,33H,24-25H2,1-17H3/b20-18+,21-19+,23-22+/t26-,27-,28-,29-/m0/s1. The highest BCUT2D eigenvalue weighted by molar-refractivity contribution is 6.75. The van der Waals surface area contributed by atoms with Gasteiger partial charge in [0.25, 0.3) is 0 Å². The third-order valence-electron chi connectivity index (χ3n) is 9.06. The maximum Gasteiger partial charge on any atom is 0.193 e. The molecule has 0 aliphatic heterocycles. The number of allylic oxidation sites excluding steroid dienone is 1. The Morgan fingerprint density at radius 2 is 1.07 bits per heavy atom. The van der Waals surface area contributed by atoms with Crippen LogP contribution in [0.2, 0.25) is 54.4 Å². The third kappa shape index (κ3) is 13.4. The molecule has 0 spiro atoms. The van der Waals surface area contributed by atoms with Gasteiger partial charge in [-0.15, -0.1) is 0 Å². The van der Waals surface area contributed by atoms with E-state index in [-0.39, 0.29) is 28.0 Å². The van der Waals surface area contributed by atoms with Crippen LogP contribution in [-0.2, 0) is 22.8 Å². The van der Waals surface area contributed by atoms with E-state index in [1.807, 2.05) is 25.2 Å². The number of rotatable bonds is 16. The average Bonchev–Trinajstić information content (AvgIpc) is 2.78. The van der Waals surface area contributed by atoms with Crippen molar-refractivity contribution in [2.75, 3.05) is 20.5 Å². The van der Waals surface area contributed by atoms with Crippen LogP contribution in [0, 0.1) is 0 Å². The summed E-state index contributed by atoms with van der Waals surface area (Å²) >= 11 is 0. The van der Waals surface area contributed by atoms with Crippen LogP contribution in [0.5, 0.6) is 0 Å². The van der Waals surface area contributed by atoms with Gasteiger partial charge in [0.2, 0.25) is 0 Å². The van der Waals surface area contributed by atoms with Crippen LogP contribution in [0.3, 0.4) is 0 Å². The van der Waals surface area contributed by atoms with Gasteiger partial charge in [-0.3, -0.25) is 0 Å². The van der Waals surface area contributed by atoms with Crippen molar-refractivity contribution in [2.45, 2.75) is 148 Å². The number of methoxy groups -OCH3 is 1. The van der Waals surface area contributed by atoms with E-state index in [0.717, 1.165) is 0 Å². The van der Waals surface area contributed by atoms with E-state index in [4.69, 9.17) is 22.8 Å². The SMILES string of the molecule is C/C=C/[C@H](OCOC)[C@@H](O)/C=C/[C@H](O[Si](C)(C)C(C)(C)C)[C@H](/C=C/CO[Si](C)(C)C(C)(C)C)O[Si](C)(C)C(C)(C)C. The first kappa shape index (κ1) is 40.6. The number of aliphatic hydroxyl groups excluding tert-OH is 1. The Kier molecular flexibility index (Phi) is 15.9. The molecular weight excluding hydrogens is 565 g/mol. The summed E-state index contributed by atoms with van der Waals surface area (Å²) in [6, 6.07) is 0. The highest BCUT2D eigenvalue weighted by atomic mass is 28.4. The molecule has 0 aromatic heterocycles. The van der Waals surface area contributed by atoms with Gasteiger partial charge in [0.05, 0.1) is 18.8 Å². The number of ether oxygens (including phenoxy) is 2. The van der Waals surface area contributed by atoms with Crippen LogP contribution in [0.25, 0.3) is 0 Å². The summed E-state index contributed by atoms with van der Waals surface area (Å²) in [7, 11) is -4.71. The van der Waals surface area contributed by atoms with Crippen molar-refractivity contribution in [3.8, 4) is 0 Å². The zero-order chi connectivity index (χ0) is 32.5. The molecule has 4 atom stereocenters. The molecule has 41 heavy (non-hydrogen) atoms. The predicted molar refractivity (Wildman–Crippen MR) is 183 cm³/mol. The smallest absolute Gasteiger partial charge is 0.193 e. The third-order valence-corrected chi connectivity index (χ3v) is 22.5. The largest absolute Gasteiger partial charge is 0.413 e. The Balaban J connectivity index is 6.60. The summed E-state index contributed by atoms with van der Waals surface area (Å²) in [5.41, 5.74) is 0. The van der Waals surface area contributed by atoms with Gasteiger partial charge in [0, 0.05) is 7.11 Å². The topological polar surface area (TPSA) is 66.4 Å². The Morgan fingerprint density at radius 3 is 1.46 bits per heavy atom. The molecule has 0 unspecified atom stereocenters. The van der Waals surface area contributed by atoms with Crippen molar-refractivity contribution >= 4 is 25.0 Å². The fraction of sp³-hybridized carbons (Fsp3) is 0.812. The zero-order valence-corrected chi connectivity index (χ0v) is 32.7. The van der Waals surface area contributed by atoms with Gasteiger partial charge in [0.15, 0.2) is 25.0 Å². The molecule has 0 heterocycles. The molecule has 0 rings (SSSR count). The Bertz CT molecular complexity index is 845. The summed E-state index contributed by atoms with van der Waals surface area (Å²) in [4.78, 5) is 0. The second-order valence-electron chi connectivity index (χ2n) is 15.6. The molecule has 0 bridgehead atoms. The van der Waals surface area contributed by atoms with E-state index in [0.29, 0.717) is 6.61 Å². The van der Waals surface area contributed by atoms with E-state index in [9.17, 15) is 5.11 Å². The molecule has 6 nitrogen and oxygen atoms in total. The highest BCUT2D eigenvalue weighted by Gasteiger charge is 2.44.